The molecule has 15 heteroatoms. The van der Waals surface area contributed by atoms with Crippen LogP contribution in [0, 0.1) is 11.8 Å². The number of likely N-dealkylation sites (tertiary alicyclic amines) is 2. The Bertz CT molecular complexity index is 1480. The van der Waals surface area contributed by atoms with Crippen LogP contribution in [-0.4, -0.2) is 179 Å². The first-order valence-electron chi connectivity index (χ1n) is 22.1. The molecule has 0 radical (unpaired) electrons. The fourth-order valence-corrected chi connectivity index (χ4v) is 8.65. The summed E-state index contributed by atoms with van der Waals surface area (Å²) >= 11 is 5.95. The molecule has 59 heavy (non-hydrogen) atoms. The van der Waals surface area contributed by atoms with Crippen molar-refractivity contribution in [3.8, 4) is 0 Å². The maximum atomic E-state index is 12.9. The van der Waals surface area contributed by atoms with Gasteiger partial charge in [-0.25, -0.2) is 24.8 Å². The summed E-state index contributed by atoms with van der Waals surface area (Å²) in [6.45, 7) is 29.4. The lowest BCUT2D eigenvalue weighted by Gasteiger charge is -2.47. The minimum atomic E-state index is -0.537. The third kappa shape index (κ3) is 15.4. The highest BCUT2D eigenvalue weighted by molar-refractivity contribution is 6.30. The van der Waals surface area contributed by atoms with Crippen LogP contribution in [0.1, 0.15) is 93.6 Å². The molecule has 0 saturated carbocycles. The van der Waals surface area contributed by atoms with E-state index in [0.717, 1.165) is 96.7 Å². The van der Waals surface area contributed by atoms with Gasteiger partial charge in [-0.2, -0.15) is 0 Å². The number of carbonyl (C=O) groups is 4. The van der Waals surface area contributed by atoms with E-state index in [2.05, 4.69) is 47.7 Å². The molecule has 0 aliphatic carbocycles. The molecule has 4 aliphatic rings. The topological polar surface area (TPSA) is 129 Å². The van der Waals surface area contributed by atoms with Crippen LogP contribution in [0.2, 0.25) is 5.02 Å². The van der Waals surface area contributed by atoms with Gasteiger partial charge in [0.05, 0.1) is 6.04 Å². The van der Waals surface area contributed by atoms with Crippen LogP contribution in [0.25, 0.3) is 0 Å². The van der Waals surface area contributed by atoms with E-state index in [1.165, 1.54) is 0 Å². The zero-order chi connectivity index (χ0) is 43.4. The Morgan fingerprint density at radius 2 is 1.05 bits per heavy atom. The van der Waals surface area contributed by atoms with Gasteiger partial charge in [-0.3, -0.25) is 14.4 Å². The zero-order valence-corrected chi connectivity index (χ0v) is 38.5. The molecule has 0 unspecified atom stereocenters. The molecule has 334 valence electrons. The number of hydrazine groups is 2. The van der Waals surface area contributed by atoms with E-state index in [1.807, 2.05) is 64.6 Å². The summed E-state index contributed by atoms with van der Waals surface area (Å²) in [5.41, 5.74) is 6.82. The van der Waals surface area contributed by atoms with Gasteiger partial charge in [-0.15, -0.1) is 0 Å². The molecule has 2 N–H and O–H groups in total. The maximum Gasteiger partial charge on any atom is 0.410 e. The Morgan fingerprint density at radius 3 is 1.41 bits per heavy atom. The van der Waals surface area contributed by atoms with E-state index in [4.69, 9.17) is 22.1 Å². The number of carbonyl (C=O) groups excluding carboxylic acids is 4. The molecule has 4 saturated heterocycles. The minimum Gasteiger partial charge on any atom is -0.444 e. The van der Waals surface area contributed by atoms with E-state index in [1.54, 1.807) is 13.8 Å². The molecule has 4 amide bonds. The molecule has 1 aromatic rings. The van der Waals surface area contributed by atoms with Crippen LogP contribution in [-0.2, 0) is 25.5 Å². The van der Waals surface area contributed by atoms with Crippen LogP contribution in [0.5, 0.6) is 0 Å². The fraction of sp³-hybridized carbons (Fsp3) is 0.773. The number of piperazine rings is 2. The lowest BCUT2D eigenvalue weighted by Crippen LogP contribution is -2.61. The summed E-state index contributed by atoms with van der Waals surface area (Å²) in [5.74, 6) is 1.48. The number of piperidine rings is 2. The Hall–Kier alpha value is -3.01. The van der Waals surface area contributed by atoms with Crippen LogP contribution in [0.3, 0.4) is 0 Å². The van der Waals surface area contributed by atoms with Crippen molar-refractivity contribution in [1.29, 1.82) is 0 Å². The number of rotatable bonds is 11. The molecule has 4 fully saturated rings. The van der Waals surface area contributed by atoms with E-state index in [-0.39, 0.29) is 23.8 Å². The number of hydrogen-bond donors (Lipinski definition) is 1. The van der Waals surface area contributed by atoms with Crippen molar-refractivity contribution in [2.24, 2.45) is 17.6 Å². The highest BCUT2D eigenvalue weighted by atomic mass is 35.5. The lowest BCUT2D eigenvalue weighted by molar-refractivity contribution is -0.143. The molecule has 4 aliphatic heterocycles. The number of hydrogen-bond acceptors (Lipinski definition) is 10. The fourth-order valence-electron chi connectivity index (χ4n) is 8.53. The Balaban J connectivity index is 0.000000265. The second-order valence-corrected chi connectivity index (χ2v) is 19.1. The molecule has 5 rings (SSSR count). The standard InChI is InChI=1S/C24H38ClN5O2.C20H38N4O3/c1-18(2)17-30(22-8-10-27(11-9-22)19(3)31)29-14-12-28(13-15-29)24(32)23(26)16-20-4-6-21(25)7-5-20;1-16(2)15-24(18-7-9-21(10-8-18)17(3)25)23-13-11-22(12-14-23)19(26)27-20(4,5)6/h4-7,18,22-23H,8-17,26H2,1-3H3;16,18H,7-15H2,1-6H3/t23-;/m1./s1. The summed E-state index contributed by atoms with van der Waals surface area (Å²) in [7, 11) is 0. The SMILES string of the molecule is CC(=O)N1CCC(N(CC(C)C)N2CCN(C(=O)OC(C)(C)C)CC2)CC1.CC(=O)N1CCC(N(CC(C)C)N2CCN(C(=O)[C@H](N)Cc3ccc(Cl)cc3)CC2)CC1. The molecular weight excluding hydrogens is 770 g/mol. The number of nitrogens with zero attached hydrogens (tertiary/aromatic N) is 8. The van der Waals surface area contributed by atoms with Crippen molar-refractivity contribution < 1.29 is 23.9 Å². The second kappa shape index (κ2) is 22.7. The minimum absolute atomic E-state index is 0.0183. The van der Waals surface area contributed by atoms with Gasteiger partial charge >= 0.3 is 6.09 Å². The highest BCUT2D eigenvalue weighted by Crippen LogP contribution is 2.24. The summed E-state index contributed by atoms with van der Waals surface area (Å²) in [4.78, 5) is 56.1. The average molecular weight is 847 g/mol. The summed E-state index contributed by atoms with van der Waals surface area (Å²) < 4.78 is 5.51. The molecule has 0 bridgehead atoms. The normalized spacial score (nSPS) is 20.0. The smallest absolute Gasteiger partial charge is 0.410 e. The van der Waals surface area contributed by atoms with Crippen molar-refractivity contribution in [2.75, 3.05) is 91.6 Å². The molecule has 0 aromatic heterocycles. The van der Waals surface area contributed by atoms with Gasteiger partial charge < -0.3 is 30.1 Å². The van der Waals surface area contributed by atoms with Gasteiger partial charge in [0, 0.05) is 123 Å². The third-order valence-electron chi connectivity index (χ3n) is 11.7. The van der Waals surface area contributed by atoms with Crippen molar-refractivity contribution in [1.82, 2.24) is 39.6 Å². The van der Waals surface area contributed by atoms with E-state index >= 15 is 0 Å². The van der Waals surface area contributed by atoms with Crippen LogP contribution >= 0.6 is 11.6 Å². The molecule has 0 spiro atoms. The van der Waals surface area contributed by atoms with Crippen LogP contribution in [0.4, 0.5) is 4.79 Å². The van der Waals surface area contributed by atoms with Crippen LogP contribution in [0.15, 0.2) is 24.3 Å². The molecular formula is C44H76ClN9O5. The number of amides is 4. The largest absolute Gasteiger partial charge is 0.444 e. The van der Waals surface area contributed by atoms with Crippen molar-refractivity contribution in [3.05, 3.63) is 34.9 Å². The number of benzene rings is 1. The summed E-state index contributed by atoms with van der Waals surface area (Å²) in [6.07, 6.45) is 4.32. The summed E-state index contributed by atoms with van der Waals surface area (Å²) in [6, 6.07) is 7.89. The number of nitrogens with two attached hydrogens (primary N) is 1. The van der Waals surface area contributed by atoms with E-state index in [0.29, 0.717) is 61.5 Å². The maximum absolute atomic E-state index is 12.9. The number of ether oxygens (including phenoxy) is 1. The van der Waals surface area contributed by atoms with Gasteiger partial charge in [0.2, 0.25) is 17.7 Å². The van der Waals surface area contributed by atoms with Crippen molar-refractivity contribution in [3.63, 3.8) is 0 Å². The van der Waals surface area contributed by atoms with Gasteiger partial charge in [-0.05, 0) is 82.4 Å². The number of halogens is 1. The predicted molar refractivity (Wildman–Crippen MR) is 234 cm³/mol. The van der Waals surface area contributed by atoms with Gasteiger partial charge in [0.25, 0.3) is 0 Å². The van der Waals surface area contributed by atoms with Gasteiger partial charge in [-0.1, -0.05) is 51.4 Å². The monoisotopic (exact) mass is 846 g/mol. The molecule has 1 aromatic carbocycles. The Labute approximate surface area is 360 Å². The van der Waals surface area contributed by atoms with Crippen molar-refractivity contribution in [2.45, 2.75) is 118 Å². The lowest BCUT2D eigenvalue weighted by atomic mass is 10.0. The first kappa shape index (κ1) is 48.7. The second-order valence-electron chi connectivity index (χ2n) is 18.6. The Morgan fingerprint density at radius 1 is 0.661 bits per heavy atom. The average Bonchev–Trinajstić information content (AvgIpc) is 3.19. The van der Waals surface area contributed by atoms with E-state index in [9.17, 15) is 19.2 Å². The highest BCUT2D eigenvalue weighted by Gasteiger charge is 2.35. The first-order valence-corrected chi connectivity index (χ1v) is 22.5. The molecule has 4 heterocycles. The predicted octanol–water partition coefficient (Wildman–Crippen LogP) is 4.66. The molecule has 14 nitrogen and oxygen atoms in total. The van der Waals surface area contributed by atoms with Gasteiger partial charge in [0.15, 0.2) is 0 Å². The van der Waals surface area contributed by atoms with Crippen LogP contribution < -0.4 is 5.73 Å². The molecule has 1 atom stereocenters. The van der Waals surface area contributed by atoms with Gasteiger partial charge in [0.1, 0.15) is 5.60 Å². The quantitative estimate of drug-likeness (QED) is 0.336. The Kier molecular flexibility index (Phi) is 18.7. The first-order chi connectivity index (χ1) is 27.8. The third-order valence-corrected chi connectivity index (χ3v) is 11.9. The summed E-state index contributed by atoms with van der Waals surface area (Å²) in [5, 5.41) is 10.5. The van der Waals surface area contributed by atoms with Crippen molar-refractivity contribution >= 4 is 35.4 Å². The van der Waals surface area contributed by atoms with E-state index < -0.39 is 11.6 Å². The zero-order valence-electron chi connectivity index (χ0n) is 37.7.